The topological polar surface area (TPSA) is 50.9 Å². The lowest BCUT2D eigenvalue weighted by Crippen LogP contribution is -2.01. The van der Waals surface area contributed by atoms with Crippen LogP contribution in [-0.2, 0) is 12.8 Å². The van der Waals surface area contributed by atoms with Crippen molar-refractivity contribution in [3.8, 4) is 45.2 Å². The SMILES string of the molecule is CC(C)c1cc(C(C)C)cc(-n2cc(-c3cc(-c4ccccc4)cc(Cc4ccccc4Cc4cncc5ccccc45)c3O)nc2-c2ccccc2)c1. The summed E-state index contributed by atoms with van der Waals surface area (Å²) in [7, 11) is 0. The minimum Gasteiger partial charge on any atom is -0.507 e. The van der Waals surface area contributed by atoms with Crippen LogP contribution in [0.3, 0.4) is 0 Å². The van der Waals surface area contributed by atoms with Gasteiger partial charge in [0.15, 0.2) is 0 Å². The Hall–Kier alpha value is -6.26. The Morgan fingerprint density at radius 2 is 1.15 bits per heavy atom. The van der Waals surface area contributed by atoms with Crippen molar-refractivity contribution < 1.29 is 5.11 Å². The molecule has 0 unspecified atom stereocenters. The number of fused-ring (bicyclic) bond motifs is 1. The Labute approximate surface area is 318 Å². The van der Waals surface area contributed by atoms with E-state index in [4.69, 9.17) is 4.98 Å². The Bertz CT molecular complexity index is 2530. The van der Waals surface area contributed by atoms with Crippen molar-refractivity contribution in [3.63, 3.8) is 0 Å². The summed E-state index contributed by atoms with van der Waals surface area (Å²) in [5.74, 6) is 1.83. The van der Waals surface area contributed by atoms with Crippen LogP contribution in [0.25, 0.3) is 50.2 Å². The maximum absolute atomic E-state index is 12.3. The zero-order chi connectivity index (χ0) is 37.2. The highest BCUT2D eigenvalue weighted by Gasteiger charge is 2.21. The van der Waals surface area contributed by atoms with Crippen LogP contribution in [0.1, 0.15) is 72.9 Å². The van der Waals surface area contributed by atoms with Crippen LogP contribution in [0.15, 0.2) is 158 Å². The molecule has 0 aliphatic rings. The van der Waals surface area contributed by atoms with E-state index in [0.717, 1.165) is 51.3 Å². The van der Waals surface area contributed by atoms with Gasteiger partial charge in [0.25, 0.3) is 0 Å². The smallest absolute Gasteiger partial charge is 0.145 e. The monoisotopic (exact) mass is 703 g/mol. The molecule has 54 heavy (non-hydrogen) atoms. The molecule has 6 aromatic carbocycles. The van der Waals surface area contributed by atoms with E-state index in [1.807, 2.05) is 24.5 Å². The van der Waals surface area contributed by atoms with Crippen LogP contribution < -0.4 is 0 Å². The van der Waals surface area contributed by atoms with E-state index < -0.39 is 0 Å². The zero-order valence-corrected chi connectivity index (χ0v) is 31.4. The third-order valence-corrected chi connectivity index (χ3v) is 10.5. The molecule has 0 spiro atoms. The van der Waals surface area contributed by atoms with Gasteiger partial charge >= 0.3 is 0 Å². The summed E-state index contributed by atoms with van der Waals surface area (Å²) in [6, 6.07) is 48.8. The highest BCUT2D eigenvalue weighted by atomic mass is 16.3. The number of benzene rings is 6. The van der Waals surface area contributed by atoms with Gasteiger partial charge in [-0.05, 0) is 92.4 Å². The molecule has 2 heterocycles. The van der Waals surface area contributed by atoms with Crippen molar-refractivity contribution in [1.82, 2.24) is 14.5 Å². The first-order valence-electron chi connectivity index (χ1n) is 18.9. The van der Waals surface area contributed by atoms with Crippen molar-refractivity contribution in [1.29, 1.82) is 0 Å². The molecule has 4 heteroatoms. The predicted molar refractivity (Wildman–Crippen MR) is 224 cm³/mol. The van der Waals surface area contributed by atoms with Crippen LogP contribution in [0.2, 0.25) is 0 Å². The van der Waals surface area contributed by atoms with Crippen LogP contribution in [0.4, 0.5) is 0 Å². The van der Waals surface area contributed by atoms with Gasteiger partial charge in [0.2, 0.25) is 0 Å². The molecular weight excluding hydrogens is 659 g/mol. The molecule has 8 rings (SSSR count). The van der Waals surface area contributed by atoms with E-state index in [-0.39, 0.29) is 5.75 Å². The van der Waals surface area contributed by atoms with Gasteiger partial charge in [-0.25, -0.2) is 4.98 Å². The van der Waals surface area contributed by atoms with Crippen LogP contribution in [-0.4, -0.2) is 19.6 Å². The van der Waals surface area contributed by atoms with Crippen molar-refractivity contribution in [2.24, 2.45) is 0 Å². The number of phenols is 1. The Kier molecular flexibility index (Phi) is 9.67. The average Bonchev–Trinajstić information content (AvgIpc) is 3.65. The largest absolute Gasteiger partial charge is 0.507 e. The third-order valence-electron chi connectivity index (χ3n) is 10.5. The maximum atomic E-state index is 12.3. The molecule has 0 saturated heterocycles. The molecule has 0 amide bonds. The molecule has 1 N–H and O–H groups in total. The van der Waals surface area contributed by atoms with Gasteiger partial charge in [-0.1, -0.05) is 143 Å². The fraction of sp³-hybridized carbons (Fsp3) is 0.160. The van der Waals surface area contributed by atoms with Crippen molar-refractivity contribution in [2.45, 2.75) is 52.4 Å². The minimum atomic E-state index is 0.249. The van der Waals surface area contributed by atoms with E-state index in [1.54, 1.807) is 0 Å². The van der Waals surface area contributed by atoms with E-state index in [2.05, 4.69) is 171 Å². The Morgan fingerprint density at radius 3 is 1.81 bits per heavy atom. The number of aromatic hydroxyl groups is 1. The third kappa shape index (κ3) is 7.08. The first kappa shape index (κ1) is 34.8. The number of rotatable bonds is 10. The van der Waals surface area contributed by atoms with Gasteiger partial charge in [0.05, 0.1) is 5.69 Å². The molecule has 0 atom stereocenters. The normalized spacial score (nSPS) is 11.5. The van der Waals surface area contributed by atoms with Crippen LogP contribution in [0, 0.1) is 0 Å². The highest BCUT2D eigenvalue weighted by molar-refractivity contribution is 5.85. The van der Waals surface area contributed by atoms with Gasteiger partial charge in [-0.15, -0.1) is 0 Å². The average molecular weight is 704 g/mol. The van der Waals surface area contributed by atoms with Crippen LogP contribution >= 0.6 is 0 Å². The van der Waals surface area contributed by atoms with Gasteiger partial charge in [0.1, 0.15) is 11.6 Å². The molecule has 0 aliphatic heterocycles. The second kappa shape index (κ2) is 15.0. The fourth-order valence-electron chi connectivity index (χ4n) is 7.42. The first-order valence-corrected chi connectivity index (χ1v) is 18.9. The molecule has 0 aliphatic carbocycles. The molecule has 0 radical (unpaired) electrons. The van der Waals surface area contributed by atoms with E-state index in [1.165, 1.54) is 33.2 Å². The van der Waals surface area contributed by atoms with Gasteiger partial charge in [-0.3, -0.25) is 9.55 Å². The van der Waals surface area contributed by atoms with Crippen molar-refractivity contribution in [3.05, 3.63) is 191 Å². The lowest BCUT2D eigenvalue weighted by Gasteiger charge is -2.16. The standard InChI is InChI=1S/C50H45N3O/c1-33(2)40-25-41(34(3)4)28-45(27-40)53-32-48(52-50(53)36-17-9-6-10-18-36)47-29-42(35-15-7-5-8-16-35)26-43(49(47)54)23-37-19-11-12-20-38(37)24-44-31-51-30-39-21-13-14-22-46(39)44/h5-22,25-34,54H,23-24H2,1-4H3. The summed E-state index contributed by atoms with van der Waals surface area (Å²) in [4.78, 5) is 9.88. The summed E-state index contributed by atoms with van der Waals surface area (Å²) >= 11 is 0. The number of imidazole rings is 1. The van der Waals surface area contributed by atoms with E-state index in [0.29, 0.717) is 23.8 Å². The number of nitrogens with zero attached hydrogens (tertiary/aromatic N) is 3. The van der Waals surface area contributed by atoms with Crippen LogP contribution in [0.5, 0.6) is 5.75 Å². The molecule has 0 fully saturated rings. The predicted octanol–water partition coefficient (Wildman–Crippen LogP) is 12.6. The second-order valence-corrected chi connectivity index (χ2v) is 14.9. The number of aromatic nitrogens is 3. The Balaban J connectivity index is 1.28. The van der Waals surface area contributed by atoms with Gasteiger partial charge in [-0.2, -0.15) is 0 Å². The summed E-state index contributed by atoms with van der Waals surface area (Å²) < 4.78 is 2.20. The zero-order valence-electron chi connectivity index (χ0n) is 31.4. The molecule has 0 saturated carbocycles. The van der Waals surface area contributed by atoms with Crippen molar-refractivity contribution in [2.75, 3.05) is 0 Å². The molecule has 266 valence electrons. The number of pyridine rings is 1. The van der Waals surface area contributed by atoms with Gasteiger partial charge < -0.3 is 5.11 Å². The summed E-state index contributed by atoms with van der Waals surface area (Å²) in [6.45, 7) is 8.97. The van der Waals surface area contributed by atoms with Crippen molar-refractivity contribution >= 4 is 10.8 Å². The molecule has 8 aromatic rings. The molecular formula is C50H45N3O. The fourth-order valence-corrected chi connectivity index (χ4v) is 7.42. The summed E-state index contributed by atoms with van der Waals surface area (Å²) in [5, 5.41) is 14.7. The van der Waals surface area contributed by atoms with Gasteiger partial charge in [0, 0.05) is 47.2 Å². The quantitative estimate of drug-likeness (QED) is 0.154. The maximum Gasteiger partial charge on any atom is 0.145 e. The molecule has 2 aromatic heterocycles. The number of hydrogen-bond donors (Lipinski definition) is 1. The summed E-state index contributed by atoms with van der Waals surface area (Å²) in [6.07, 6.45) is 7.31. The van der Waals surface area contributed by atoms with E-state index >= 15 is 0 Å². The molecule has 0 bridgehead atoms. The number of hydrogen-bond acceptors (Lipinski definition) is 3. The lowest BCUT2D eigenvalue weighted by atomic mass is 9.91. The highest BCUT2D eigenvalue weighted by Crippen LogP contribution is 2.40. The number of phenolic OH excluding ortho intramolecular Hbond substituents is 1. The second-order valence-electron chi connectivity index (χ2n) is 14.9. The minimum absolute atomic E-state index is 0.249. The summed E-state index contributed by atoms with van der Waals surface area (Å²) in [5.41, 5.74) is 12.6. The lowest BCUT2D eigenvalue weighted by molar-refractivity contribution is 0.471. The van der Waals surface area contributed by atoms with E-state index in [9.17, 15) is 5.11 Å². The Morgan fingerprint density at radius 1 is 0.556 bits per heavy atom. The molecule has 4 nitrogen and oxygen atoms in total. The first-order chi connectivity index (χ1) is 26.3.